The van der Waals surface area contributed by atoms with E-state index in [0.717, 1.165) is 12.8 Å². The van der Waals surface area contributed by atoms with Crippen molar-refractivity contribution in [1.82, 2.24) is 5.32 Å². The van der Waals surface area contributed by atoms with Crippen LogP contribution in [0.3, 0.4) is 0 Å². The van der Waals surface area contributed by atoms with Crippen LogP contribution in [-0.2, 0) is 9.53 Å². The van der Waals surface area contributed by atoms with Crippen LogP contribution in [0.15, 0.2) is 0 Å². The molecule has 1 saturated heterocycles. The first-order valence-electron chi connectivity index (χ1n) is 2.24. The van der Waals surface area contributed by atoms with Crippen molar-refractivity contribution in [2.75, 3.05) is 13.2 Å². The van der Waals surface area contributed by atoms with Gasteiger partial charge in [-0.15, -0.1) is 0 Å². The topological polar surface area (TPSA) is 38.3 Å². The van der Waals surface area contributed by atoms with E-state index in [9.17, 15) is 4.79 Å². The summed E-state index contributed by atoms with van der Waals surface area (Å²) in [4.78, 5) is 9.82. The molecule has 1 rings (SSSR count). The number of ether oxygens (including phenoxy) is 1. The zero-order valence-corrected chi connectivity index (χ0v) is 3.89. The molecule has 1 unspecified atom stereocenters. The Hall–Kier alpha value is 0.590. The summed E-state index contributed by atoms with van der Waals surface area (Å²) in [6, 6.07) is 0. The van der Waals surface area contributed by atoms with Crippen molar-refractivity contribution >= 4 is 35.8 Å². The summed E-state index contributed by atoms with van der Waals surface area (Å²) in [5.41, 5.74) is 0. The average molecular weight is 125 g/mol. The summed E-state index contributed by atoms with van der Waals surface area (Å²) in [5, 5.41) is 2.82. The number of hydrogen-bond donors (Lipinski definition) is 1. The quantitative estimate of drug-likeness (QED) is 0.342. The maximum absolute atomic E-state index is 9.82. The molecule has 1 N–H and O–H groups in total. The van der Waals surface area contributed by atoms with E-state index in [2.05, 4.69) is 5.32 Å². The second kappa shape index (κ2) is 4.47. The fourth-order valence-corrected chi connectivity index (χ4v) is 0.533. The van der Waals surface area contributed by atoms with Gasteiger partial charge in [0.1, 0.15) is 0 Å². The predicted molar refractivity (Wildman–Crippen MR) is 31.0 cm³/mol. The van der Waals surface area contributed by atoms with E-state index in [4.69, 9.17) is 4.74 Å². The fourth-order valence-electron chi connectivity index (χ4n) is 0.533. The van der Waals surface area contributed by atoms with Crippen LogP contribution in [-0.4, -0.2) is 55.2 Å². The number of carbonyl (C=O) groups is 1. The van der Waals surface area contributed by atoms with E-state index in [-0.39, 0.29) is 35.8 Å². The van der Waals surface area contributed by atoms with Crippen molar-refractivity contribution in [2.45, 2.75) is 6.23 Å². The molecule has 0 aromatic carbocycles. The van der Waals surface area contributed by atoms with Gasteiger partial charge in [0, 0.05) is 6.54 Å². The summed E-state index contributed by atoms with van der Waals surface area (Å²) >= 11 is 0. The standard InChI is InChI=1S/C4H7NO2.Na.H/c6-3-4-5-1-2-7-4;;/h3-5H,1-2H2;;. The first-order chi connectivity index (χ1) is 3.43. The van der Waals surface area contributed by atoms with Gasteiger partial charge in [0.15, 0.2) is 12.5 Å². The molecule has 0 amide bonds. The molecule has 1 aliphatic heterocycles. The molecule has 1 heterocycles. The van der Waals surface area contributed by atoms with Crippen molar-refractivity contribution in [3.8, 4) is 0 Å². The van der Waals surface area contributed by atoms with Crippen LogP contribution in [0.4, 0.5) is 0 Å². The van der Waals surface area contributed by atoms with Gasteiger partial charge in [-0.25, -0.2) is 0 Å². The molecule has 42 valence electrons. The molecule has 1 aliphatic rings. The Morgan fingerprint density at radius 3 is 2.75 bits per heavy atom. The van der Waals surface area contributed by atoms with Crippen molar-refractivity contribution in [1.29, 1.82) is 0 Å². The molecule has 4 heteroatoms. The minimum absolute atomic E-state index is 0. The summed E-state index contributed by atoms with van der Waals surface area (Å²) in [6.07, 6.45) is 0.424. The summed E-state index contributed by atoms with van der Waals surface area (Å²) in [7, 11) is 0. The van der Waals surface area contributed by atoms with Gasteiger partial charge in [0.2, 0.25) is 0 Å². The third kappa shape index (κ3) is 2.24. The van der Waals surface area contributed by atoms with Crippen LogP contribution in [0.25, 0.3) is 0 Å². The van der Waals surface area contributed by atoms with E-state index in [0.29, 0.717) is 6.61 Å². The van der Waals surface area contributed by atoms with Crippen molar-refractivity contribution in [2.24, 2.45) is 0 Å². The van der Waals surface area contributed by atoms with Crippen LogP contribution in [0.2, 0.25) is 0 Å². The zero-order chi connectivity index (χ0) is 5.11. The molecule has 0 aromatic rings. The van der Waals surface area contributed by atoms with E-state index in [1.54, 1.807) is 0 Å². The van der Waals surface area contributed by atoms with Gasteiger partial charge >= 0.3 is 29.6 Å². The molecule has 1 fully saturated rings. The molecule has 0 spiro atoms. The van der Waals surface area contributed by atoms with E-state index < -0.39 is 0 Å². The zero-order valence-electron chi connectivity index (χ0n) is 3.89. The molecule has 1 atom stereocenters. The Balaban J connectivity index is 0.000000490. The Kier molecular flexibility index (Phi) is 4.80. The third-order valence-electron chi connectivity index (χ3n) is 0.869. The van der Waals surface area contributed by atoms with Crippen LogP contribution in [0.5, 0.6) is 0 Å². The molecular weight excluding hydrogens is 117 g/mol. The van der Waals surface area contributed by atoms with Gasteiger partial charge in [-0.05, 0) is 0 Å². The Bertz CT molecular complexity index is 72.4. The van der Waals surface area contributed by atoms with Crippen LogP contribution in [0.1, 0.15) is 0 Å². The minimum atomic E-state index is -0.333. The molecule has 0 radical (unpaired) electrons. The van der Waals surface area contributed by atoms with E-state index >= 15 is 0 Å². The van der Waals surface area contributed by atoms with Gasteiger partial charge in [0.05, 0.1) is 6.61 Å². The first kappa shape index (κ1) is 8.59. The van der Waals surface area contributed by atoms with Gasteiger partial charge in [-0.3, -0.25) is 10.1 Å². The van der Waals surface area contributed by atoms with Gasteiger partial charge in [0.25, 0.3) is 0 Å². The van der Waals surface area contributed by atoms with Crippen LogP contribution >= 0.6 is 0 Å². The second-order valence-electron chi connectivity index (χ2n) is 1.38. The average Bonchev–Trinajstić information content (AvgIpc) is 2.14. The first-order valence-corrected chi connectivity index (χ1v) is 2.24. The summed E-state index contributed by atoms with van der Waals surface area (Å²) < 4.78 is 4.82. The van der Waals surface area contributed by atoms with E-state index in [1.807, 2.05) is 0 Å². The van der Waals surface area contributed by atoms with Gasteiger partial charge in [-0.2, -0.15) is 0 Å². The Labute approximate surface area is 70.1 Å². The van der Waals surface area contributed by atoms with Gasteiger partial charge < -0.3 is 4.74 Å². The number of hydrogen-bond acceptors (Lipinski definition) is 3. The SMILES string of the molecule is O=CC1NCCO1.[NaH]. The number of aldehydes is 1. The second-order valence-corrected chi connectivity index (χ2v) is 1.38. The maximum atomic E-state index is 9.82. The molecule has 0 bridgehead atoms. The van der Waals surface area contributed by atoms with Gasteiger partial charge in [-0.1, -0.05) is 0 Å². The molecular formula is C4H8NNaO2. The van der Waals surface area contributed by atoms with Crippen molar-refractivity contribution in [3.63, 3.8) is 0 Å². The summed E-state index contributed by atoms with van der Waals surface area (Å²) in [6.45, 7) is 1.45. The number of carbonyl (C=O) groups excluding carboxylic acids is 1. The monoisotopic (exact) mass is 125 g/mol. The number of rotatable bonds is 1. The predicted octanol–water partition coefficient (Wildman–Crippen LogP) is -1.52. The van der Waals surface area contributed by atoms with Crippen LogP contribution in [0, 0.1) is 0 Å². The third-order valence-corrected chi connectivity index (χ3v) is 0.869. The molecule has 0 saturated carbocycles. The van der Waals surface area contributed by atoms with Crippen molar-refractivity contribution < 1.29 is 9.53 Å². The molecule has 3 nitrogen and oxygen atoms in total. The number of nitrogens with one attached hydrogen (secondary N) is 1. The summed E-state index contributed by atoms with van der Waals surface area (Å²) in [5.74, 6) is 0. The molecule has 0 aromatic heterocycles. The normalized spacial score (nSPS) is 26.8. The van der Waals surface area contributed by atoms with Crippen molar-refractivity contribution in [3.05, 3.63) is 0 Å². The Morgan fingerprint density at radius 2 is 2.50 bits per heavy atom. The fraction of sp³-hybridized carbons (Fsp3) is 0.750. The van der Waals surface area contributed by atoms with E-state index in [1.165, 1.54) is 0 Å². The molecule has 8 heavy (non-hydrogen) atoms. The molecule has 0 aliphatic carbocycles. The Morgan fingerprint density at radius 1 is 1.75 bits per heavy atom. The van der Waals surface area contributed by atoms with Crippen LogP contribution < -0.4 is 5.32 Å².